The van der Waals surface area contributed by atoms with Crippen molar-refractivity contribution in [3.63, 3.8) is 0 Å². The van der Waals surface area contributed by atoms with Crippen molar-refractivity contribution >= 4 is 29.6 Å². The van der Waals surface area contributed by atoms with Gasteiger partial charge in [-0.1, -0.05) is 74.5 Å². The number of ether oxygens (including phenoxy) is 1. The standard InChI is InChI=1S/C27H34N4O6/c1-17(2)14-22(26(35)30-21(23(32)24(28)33)15-19-10-6-4-7-11-19)31-25(34)18(3)29-27(36)37-16-20-12-8-5-9-13-20/h4-13,17-18,21-22H,14-16H2,1-3H3,(H2,28,33)(H,29,36)(H,30,35)(H,31,34). The number of rotatable bonds is 13. The summed E-state index contributed by atoms with van der Waals surface area (Å²) in [7, 11) is 0. The van der Waals surface area contributed by atoms with E-state index in [4.69, 9.17) is 10.5 Å². The first-order valence-electron chi connectivity index (χ1n) is 12.0. The Balaban J connectivity index is 2.02. The SMILES string of the molecule is CC(C)CC(NC(=O)C(C)NC(=O)OCc1ccccc1)C(=O)NC(Cc1ccccc1)C(=O)C(N)=O. The van der Waals surface area contributed by atoms with E-state index >= 15 is 0 Å². The third-order valence-corrected chi connectivity index (χ3v) is 5.44. The molecular weight excluding hydrogens is 476 g/mol. The maximum atomic E-state index is 13.1. The maximum absolute atomic E-state index is 13.1. The van der Waals surface area contributed by atoms with Gasteiger partial charge in [-0.25, -0.2) is 4.79 Å². The molecule has 0 saturated heterocycles. The molecule has 0 heterocycles. The summed E-state index contributed by atoms with van der Waals surface area (Å²) in [6, 6.07) is 14.7. The smallest absolute Gasteiger partial charge is 0.408 e. The van der Waals surface area contributed by atoms with E-state index in [0.29, 0.717) is 0 Å². The van der Waals surface area contributed by atoms with Gasteiger partial charge >= 0.3 is 6.09 Å². The number of hydrogen-bond acceptors (Lipinski definition) is 6. The number of hydrogen-bond donors (Lipinski definition) is 4. The molecule has 0 aromatic heterocycles. The Morgan fingerprint density at radius 2 is 1.30 bits per heavy atom. The number of Topliss-reactive ketones (excluding diaryl/α,β-unsaturated/α-hetero) is 1. The van der Waals surface area contributed by atoms with Crippen molar-refractivity contribution in [1.82, 2.24) is 16.0 Å². The van der Waals surface area contributed by atoms with Crippen LogP contribution in [0.1, 0.15) is 38.3 Å². The van der Waals surface area contributed by atoms with Gasteiger partial charge in [0.15, 0.2) is 0 Å². The molecule has 0 radical (unpaired) electrons. The minimum atomic E-state index is -1.19. The topological polar surface area (TPSA) is 157 Å². The molecule has 3 atom stereocenters. The number of benzene rings is 2. The number of nitrogens with one attached hydrogen (secondary N) is 3. The number of primary amides is 1. The van der Waals surface area contributed by atoms with Crippen LogP contribution in [0.4, 0.5) is 4.79 Å². The van der Waals surface area contributed by atoms with Gasteiger partial charge in [0.05, 0.1) is 0 Å². The minimum absolute atomic E-state index is 0.00886. The zero-order valence-electron chi connectivity index (χ0n) is 21.2. The Kier molecular flexibility index (Phi) is 11.3. The first-order chi connectivity index (χ1) is 17.6. The molecule has 0 bridgehead atoms. The molecule has 2 aromatic rings. The van der Waals surface area contributed by atoms with Gasteiger partial charge in [0.2, 0.25) is 17.6 Å². The van der Waals surface area contributed by atoms with Gasteiger partial charge in [-0.05, 0) is 30.4 Å². The summed E-state index contributed by atoms with van der Waals surface area (Å²) < 4.78 is 5.13. The van der Waals surface area contributed by atoms with Gasteiger partial charge in [0, 0.05) is 6.42 Å². The largest absolute Gasteiger partial charge is 0.445 e. The molecule has 2 aromatic carbocycles. The predicted molar refractivity (Wildman–Crippen MR) is 137 cm³/mol. The summed E-state index contributed by atoms with van der Waals surface area (Å²) in [4.78, 5) is 62.0. The molecule has 0 aliphatic rings. The quantitative estimate of drug-likeness (QED) is 0.300. The van der Waals surface area contributed by atoms with Crippen LogP contribution >= 0.6 is 0 Å². The van der Waals surface area contributed by atoms with Crippen LogP contribution in [0.15, 0.2) is 60.7 Å². The third kappa shape index (κ3) is 10.1. The van der Waals surface area contributed by atoms with E-state index in [1.807, 2.05) is 32.0 Å². The van der Waals surface area contributed by atoms with Crippen LogP contribution < -0.4 is 21.7 Å². The van der Waals surface area contributed by atoms with E-state index in [9.17, 15) is 24.0 Å². The van der Waals surface area contributed by atoms with Crippen molar-refractivity contribution in [1.29, 1.82) is 0 Å². The summed E-state index contributed by atoms with van der Waals surface area (Å²) in [5.74, 6) is -3.36. The summed E-state index contributed by atoms with van der Waals surface area (Å²) in [5, 5.41) is 7.61. The van der Waals surface area contributed by atoms with E-state index in [1.165, 1.54) is 6.92 Å². The van der Waals surface area contributed by atoms with Crippen molar-refractivity contribution in [2.75, 3.05) is 0 Å². The fourth-order valence-electron chi connectivity index (χ4n) is 3.51. The molecule has 4 amide bonds. The van der Waals surface area contributed by atoms with Gasteiger partial charge in [0.1, 0.15) is 24.7 Å². The van der Waals surface area contributed by atoms with Crippen molar-refractivity contribution < 1.29 is 28.7 Å². The molecule has 0 aliphatic carbocycles. The van der Waals surface area contributed by atoms with Crippen molar-refractivity contribution in [2.24, 2.45) is 11.7 Å². The van der Waals surface area contributed by atoms with Crippen LogP contribution in [-0.4, -0.2) is 47.7 Å². The second-order valence-electron chi connectivity index (χ2n) is 9.10. The van der Waals surface area contributed by atoms with E-state index < -0.39 is 47.7 Å². The van der Waals surface area contributed by atoms with Crippen LogP contribution in [0, 0.1) is 5.92 Å². The monoisotopic (exact) mass is 510 g/mol. The highest BCUT2D eigenvalue weighted by Crippen LogP contribution is 2.09. The zero-order chi connectivity index (χ0) is 27.4. The number of alkyl carbamates (subject to hydrolysis) is 1. The van der Waals surface area contributed by atoms with Crippen molar-refractivity contribution in [2.45, 2.75) is 58.3 Å². The van der Waals surface area contributed by atoms with Crippen LogP contribution in [-0.2, 0) is 36.9 Å². The average molecular weight is 511 g/mol. The lowest BCUT2D eigenvalue weighted by Gasteiger charge is -2.25. The summed E-state index contributed by atoms with van der Waals surface area (Å²) in [6.45, 7) is 5.23. The second-order valence-corrected chi connectivity index (χ2v) is 9.10. The Morgan fingerprint density at radius 3 is 1.84 bits per heavy atom. The van der Waals surface area contributed by atoms with Crippen molar-refractivity contribution in [3.8, 4) is 0 Å². The molecule has 10 nitrogen and oxygen atoms in total. The molecule has 198 valence electrons. The van der Waals surface area contributed by atoms with E-state index in [-0.39, 0.29) is 25.4 Å². The Bertz CT molecular complexity index is 1070. The number of carbonyl (C=O) groups excluding carboxylic acids is 5. The molecule has 2 rings (SSSR count). The summed E-state index contributed by atoms with van der Waals surface area (Å²) >= 11 is 0. The molecule has 0 fully saturated rings. The zero-order valence-corrected chi connectivity index (χ0v) is 21.2. The van der Waals surface area contributed by atoms with Gasteiger partial charge in [0.25, 0.3) is 5.91 Å². The Labute approximate surface area is 216 Å². The summed E-state index contributed by atoms with van der Waals surface area (Å²) in [5.41, 5.74) is 6.70. The van der Waals surface area contributed by atoms with Gasteiger partial charge < -0.3 is 26.4 Å². The van der Waals surface area contributed by atoms with E-state index in [0.717, 1.165) is 11.1 Å². The van der Waals surface area contributed by atoms with Gasteiger partial charge in [-0.2, -0.15) is 0 Å². The lowest BCUT2D eigenvalue weighted by Crippen LogP contribution is -2.56. The molecule has 10 heteroatoms. The predicted octanol–water partition coefficient (Wildman–Crippen LogP) is 1.61. The molecule has 0 aliphatic heterocycles. The molecule has 0 spiro atoms. The molecule has 5 N–H and O–H groups in total. The maximum Gasteiger partial charge on any atom is 0.408 e. The van der Waals surface area contributed by atoms with Crippen molar-refractivity contribution in [3.05, 3.63) is 71.8 Å². The number of carbonyl (C=O) groups is 5. The lowest BCUT2D eigenvalue weighted by molar-refractivity contribution is -0.139. The number of nitrogens with two attached hydrogens (primary N) is 1. The number of amides is 4. The van der Waals surface area contributed by atoms with E-state index in [2.05, 4.69) is 16.0 Å². The van der Waals surface area contributed by atoms with Crippen LogP contribution in [0.25, 0.3) is 0 Å². The third-order valence-electron chi connectivity index (χ3n) is 5.44. The van der Waals surface area contributed by atoms with Crippen LogP contribution in [0.5, 0.6) is 0 Å². The van der Waals surface area contributed by atoms with Crippen LogP contribution in [0.2, 0.25) is 0 Å². The highest BCUT2D eigenvalue weighted by atomic mass is 16.5. The molecular formula is C27H34N4O6. The van der Waals surface area contributed by atoms with Gasteiger partial charge in [-0.15, -0.1) is 0 Å². The normalized spacial score (nSPS) is 13.1. The minimum Gasteiger partial charge on any atom is -0.445 e. The summed E-state index contributed by atoms with van der Waals surface area (Å²) in [6.07, 6.45) is -0.473. The first-order valence-corrected chi connectivity index (χ1v) is 12.0. The fourth-order valence-corrected chi connectivity index (χ4v) is 3.51. The molecule has 37 heavy (non-hydrogen) atoms. The Hall–Kier alpha value is -4.21. The van der Waals surface area contributed by atoms with Crippen LogP contribution in [0.3, 0.4) is 0 Å². The molecule has 3 unspecified atom stereocenters. The van der Waals surface area contributed by atoms with E-state index in [1.54, 1.807) is 42.5 Å². The number of ketones is 1. The highest BCUT2D eigenvalue weighted by Gasteiger charge is 2.30. The highest BCUT2D eigenvalue weighted by molar-refractivity contribution is 6.37. The van der Waals surface area contributed by atoms with Gasteiger partial charge in [-0.3, -0.25) is 19.2 Å². The lowest BCUT2D eigenvalue weighted by atomic mass is 9.99. The molecule has 0 saturated carbocycles. The second kappa shape index (κ2) is 14.4. The Morgan fingerprint density at radius 1 is 0.757 bits per heavy atom. The first kappa shape index (κ1) is 29.0. The fraction of sp³-hybridized carbons (Fsp3) is 0.370. The average Bonchev–Trinajstić information content (AvgIpc) is 2.87.